The lowest BCUT2D eigenvalue weighted by atomic mass is 10.1. The molecule has 0 radical (unpaired) electrons. The van der Waals surface area contributed by atoms with Gasteiger partial charge in [-0.1, -0.05) is 40.3 Å². The number of fused-ring (bicyclic) bond motifs is 2. The van der Waals surface area contributed by atoms with Crippen molar-refractivity contribution in [2.24, 2.45) is 0 Å². The molecule has 2 aromatic heterocycles. The third-order valence-corrected chi connectivity index (χ3v) is 5.76. The molecule has 9 heteroatoms. The molecule has 1 aliphatic heterocycles. The summed E-state index contributed by atoms with van der Waals surface area (Å²) in [7, 11) is 0. The molecule has 1 aliphatic rings. The van der Waals surface area contributed by atoms with Crippen LogP contribution in [-0.2, 0) is 13.0 Å². The molecule has 30 heavy (non-hydrogen) atoms. The average molecular weight is 417 g/mol. The van der Waals surface area contributed by atoms with Crippen molar-refractivity contribution in [3.8, 4) is 17.6 Å². The van der Waals surface area contributed by atoms with E-state index in [1.807, 2.05) is 22.8 Å². The first-order valence-corrected chi connectivity index (χ1v) is 10.1. The van der Waals surface area contributed by atoms with Crippen molar-refractivity contribution in [2.75, 3.05) is 12.5 Å². The summed E-state index contributed by atoms with van der Waals surface area (Å²) < 4.78 is 12.8. The van der Waals surface area contributed by atoms with E-state index in [1.165, 1.54) is 17.3 Å². The van der Waals surface area contributed by atoms with E-state index >= 15 is 0 Å². The molecule has 0 unspecified atom stereocenters. The summed E-state index contributed by atoms with van der Waals surface area (Å²) in [5.41, 5.74) is 9.20. The first kappa shape index (κ1) is 18.3. The zero-order chi connectivity index (χ0) is 20.5. The van der Waals surface area contributed by atoms with Gasteiger partial charge in [-0.25, -0.2) is 4.57 Å². The molecule has 0 bridgehead atoms. The number of aromatic nitrogens is 4. The summed E-state index contributed by atoms with van der Waals surface area (Å²) in [4.78, 5) is 13.0. The van der Waals surface area contributed by atoms with Gasteiger partial charge in [-0.2, -0.15) is 5.26 Å². The van der Waals surface area contributed by atoms with Gasteiger partial charge in [0.2, 0.25) is 24.1 Å². The molecule has 8 nitrogen and oxygen atoms in total. The number of H-pyrrole nitrogens is 1. The fourth-order valence-electron chi connectivity index (χ4n) is 3.29. The molecular formula is C21H17N6O2S+. The fourth-order valence-corrected chi connectivity index (χ4v) is 4.16. The van der Waals surface area contributed by atoms with Crippen molar-refractivity contribution in [1.82, 2.24) is 15.0 Å². The number of nitrogens with zero attached hydrogens (tertiary/aromatic N) is 4. The Labute approximate surface area is 176 Å². The van der Waals surface area contributed by atoms with E-state index < -0.39 is 0 Å². The predicted molar refractivity (Wildman–Crippen MR) is 110 cm³/mol. The lowest BCUT2D eigenvalue weighted by Gasteiger charge is -2.02. The van der Waals surface area contributed by atoms with E-state index in [2.05, 4.69) is 28.2 Å². The van der Waals surface area contributed by atoms with E-state index in [1.54, 1.807) is 18.5 Å². The molecule has 3 N–H and O–H groups in total. The van der Waals surface area contributed by atoms with Crippen molar-refractivity contribution in [1.29, 1.82) is 5.26 Å². The highest BCUT2D eigenvalue weighted by Gasteiger charge is 2.22. The average Bonchev–Trinajstić information content (AvgIpc) is 3.40. The van der Waals surface area contributed by atoms with Crippen LogP contribution in [0.1, 0.15) is 11.1 Å². The third kappa shape index (κ3) is 3.38. The molecule has 0 spiro atoms. The number of rotatable bonds is 5. The van der Waals surface area contributed by atoms with Crippen LogP contribution >= 0.6 is 11.8 Å². The quantitative estimate of drug-likeness (QED) is 0.480. The highest BCUT2D eigenvalue weighted by Crippen LogP contribution is 2.40. The Bertz CT molecular complexity index is 1280. The van der Waals surface area contributed by atoms with Crippen LogP contribution in [0, 0.1) is 11.3 Å². The fraction of sp³-hybridized carbons (Fsp3) is 0.143. The molecule has 0 aliphatic carbocycles. The van der Waals surface area contributed by atoms with Crippen LogP contribution in [0.3, 0.4) is 0 Å². The number of nitrogen functional groups attached to an aromatic ring is 1. The molecule has 0 saturated heterocycles. The van der Waals surface area contributed by atoms with Gasteiger partial charge in [0.05, 0.1) is 12.1 Å². The Morgan fingerprint density at radius 1 is 1.20 bits per heavy atom. The van der Waals surface area contributed by atoms with E-state index in [0.717, 1.165) is 23.5 Å². The van der Waals surface area contributed by atoms with Gasteiger partial charge in [0.1, 0.15) is 6.07 Å². The van der Waals surface area contributed by atoms with Crippen LogP contribution in [0.4, 0.5) is 5.82 Å². The van der Waals surface area contributed by atoms with Crippen LogP contribution in [0.5, 0.6) is 11.5 Å². The van der Waals surface area contributed by atoms with Gasteiger partial charge in [-0.15, -0.1) is 0 Å². The second kappa shape index (κ2) is 7.57. The highest BCUT2D eigenvalue weighted by molar-refractivity contribution is 7.99. The van der Waals surface area contributed by atoms with Crippen LogP contribution in [0.25, 0.3) is 11.2 Å². The van der Waals surface area contributed by atoms with E-state index in [4.69, 9.17) is 20.2 Å². The Kier molecular flexibility index (Phi) is 4.61. The SMILES string of the molecule is N#Cc1cc2c(cc1Sc1nc3c([nH]1)c(N)nc[n+]3CCc1ccccc1)OCO2. The van der Waals surface area contributed by atoms with Gasteiger partial charge in [-0.05, 0) is 23.4 Å². The molecular weight excluding hydrogens is 400 g/mol. The monoisotopic (exact) mass is 417 g/mol. The van der Waals surface area contributed by atoms with Crippen LogP contribution in [-0.4, -0.2) is 21.7 Å². The molecule has 0 fully saturated rings. The van der Waals surface area contributed by atoms with Gasteiger partial charge < -0.3 is 20.2 Å². The smallest absolute Gasteiger partial charge is 0.294 e. The molecule has 5 rings (SSSR count). The van der Waals surface area contributed by atoms with Crippen molar-refractivity contribution in [3.05, 3.63) is 59.9 Å². The Balaban J connectivity index is 1.47. The van der Waals surface area contributed by atoms with Crippen molar-refractivity contribution in [2.45, 2.75) is 23.0 Å². The van der Waals surface area contributed by atoms with E-state index in [9.17, 15) is 5.26 Å². The molecule has 0 amide bonds. The second-order valence-electron chi connectivity index (χ2n) is 6.71. The van der Waals surface area contributed by atoms with Gasteiger partial charge in [0.15, 0.2) is 17.0 Å². The van der Waals surface area contributed by atoms with Crippen LogP contribution in [0.15, 0.2) is 58.8 Å². The molecule has 2 aromatic carbocycles. The normalized spacial score (nSPS) is 12.2. The maximum Gasteiger partial charge on any atom is 0.294 e. The summed E-state index contributed by atoms with van der Waals surface area (Å²) in [6.45, 7) is 0.874. The number of ether oxygens (including phenoxy) is 2. The minimum Gasteiger partial charge on any atom is -0.454 e. The summed E-state index contributed by atoms with van der Waals surface area (Å²) in [6.07, 6.45) is 2.56. The highest BCUT2D eigenvalue weighted by atomic mass is 32.2. The number of nitrogens with one attached hydrogen (secondary N) is 1. The zero-order valence-electron chi connectivity index (χ0n) is 15.8. The number of aryl methyl sites for hydroxylation is 2. The molecule has 4 aromatic rings. The Hall–Kier alpha value is -3.77. The maximum absolute atomic E-state index is 9.51. The molecule has 3 heterocycles. The number of imidazole rings is 1. The zero-order valence-corrected chi connectivity index (χ0v) is 16.6. The van der Waals surface area contributed by atoms with Crippen LogP contribution in [0.2, 0.25) is 0 Å². The van der Waals surface area contributed by atoms with Crippen molar-refractivity contribution in [3.63, 3.8) is 0 Å². The number of aromatic amines is 1. The van der Waals surface area contributed by atoms with Crippen LogP contribution < -0.4 is 19.8 Å². The number of hydrogen-bond donors (Lipinski definition) is 2. The number of anilines is 1. The standard InChI is InChI=1S/C21H16N6O2S/c22-10-14-8-15-16(29-12-28-15)9-17(14)30-21-25-18-19(23)24-11-27(20(18)26-21)7-6-13-4-2-1-3-5-13/h1-5,8-9,11H,6-7,12H2,(H2,23,25,26)/p+1. The summed E-state index contributed by atoms with van der Waals surface area (Å²) >= 11 is 1.34. The molecule has 148 valence electrons. The van der Waals surface area contributed by atoms with Gasteiger partial charge in [0, 0.05) is 17.4 Å². The minimum absolute atomic E-state index is 0.155. The predicted octanol–water partition coefficient (Wildman–Crippen LogP) is 2.82. The maximum atomic E-state index is 9.51. The largest absolute Gasteiger partial charge is 0.454 e. The lowest BCUT2D eigenvalue weighted by Crippen LogP contribution is -2.36. The van der Waals surface area contributed by atoms with Crippen molar-refractivity contribution < 1.29 is 14.0 Å². The Morgan fingerprint density at radius 3 is 2.80 bits per heavy atom. The molecule has 0 saturated carbocycles. The third-order valence-electron chi connectivity index (χ3n) is 4.81. The summed E-state index contributed by atoms with van der Waals surface area (Å²) in [5.74, 6) is 1.57. The number of benzene rings is 2. The summed E-state index contributed by atoms with van der Waals surface area (Å²) in [5, 5.41) is 10.1. The number of hydrogen-bond acceptors (Lipinski definition) is 7. The lowest BCUT2D eigenvalue weighted by molar-refractivity contribution is -0.675. The second-order valence-corrected chi connectivity index (χ2v) is 7.75. The molecule has 0 atom stereocenters. The van der Waals surface area contributed by atoms with E-state index in [0.29, 0.717) is 33.6 Å². The first-order valence-electron chi connectivity index (χ1n) is 9.30. The topological polar surface area (TPSA) is 114 Å². The number of nitrogens with two attached hydrogens (primary N) is 1. The Morgan fingerprint density at radius 2 is 2.00 bits per heavy atom. The number of nitriles is 1. The van der Waals surface area contributed by atoms with Crippen molar-refractivity contribution >= 4 is 28.7 Å². The first-order chi connectivity index (χ1) is 14.7. The summed E-state index contributed by atoms with van der Waals surface area (Å²) in [6, 6.07) is 15.9. The van der Waals surface area contributed by atoms with Gasteiger partial charge >= 0.3 is 0 Å². The van der Waals surface area contributed by atoms with Gasteiger partial charge in [-0.3, -0.25) is 0 Å². The van der Waals surface area contributed by atoms with Gasteiger partial charge in [0.25, 0.3) is 5.65 Å². The van der Waals surface area contributed by atoms with E-state index in [-0.39, 0.29) is 6.79 Å². The minimum atomic E-state index is 0.155.